The van der Waals surface area contributed by atoms with E-state index in [2.05, 4.69) is 0 Å². The highest BCUT2D eigenvalue weighted by atomic mass is 32.1. The first-order valence-corrected chi connectivity index (χ1v) is 9.33. The van der Waals surface area contributed by atoms with Crippen molar-refractivity contribution in [2.45, 2.75) is 13.0 Å². The molecule has 26 heavy (non-hydrogen) atoms. The van der Waals surface area contributed by atoms with Crippen LogP contribution in [0.15, 0.2) is 48.1 Å². The Balaban J connectivity index is 1.62. The Kier molecular flexibility index (Phi) is 4.42. The number of nitrogens with zero attached hydrogens (tertiary/aromatic N) is 2. The van der Waals surface area contributed by atoms with Crippen LogP contribution in [0.4, 0.5) is 0 Å². The van der Waals surface area contributed by atoms with E-state index in [0.717, 1.165) is 28.3 Å². The van der Waals surface area contributed by atoms with Crippen LogP contribution in [0.3, 0.4) is 0 Å². The molecule has 0 radical (unpaired) electrons. The van der Waals surface area contributed by atoms with Crippen molar-refractivity contribution in [1.82, 2.24) is 9.47 Å². The first kappa shape index (κ1) is 16.7. The molecule has 0 saturated heterocycles. The fourth-order valence-corrected chi connectivity index (χ4v) is 4.22. The zero-order valence-electron chi connectivity index (χ0n) is 14.8. The van der Waals surface area contributed by atoms with E-state index in [-0.39, 0.29) is 5.91 Å². The largest absolute Gasteiger partial charge is 0.493 e. The normalized spacial score (nSPS) is 13.4. The van der Waals surface area contributed by atoms with E-state index in [4.69, 9.17) is 9.47 Å². The number of thiophene rings is 1. The van der Waals surface area contributed by atoms with Gasteiger partial charge in [-0.05, 0) is 53.3 Å². The van der Waals surface area contributed by atoms with Gasteiger partial charge >= 0.3 is 0 Å². The second-order valence-electron chi connectivity index (χ2n) is 6.18. The van der Waals surface area contributed by atoms with E-state index >= 15 is 0 Å². The van der Waals surface area contributed by atoms with Crippen molar-refractivity contribution in [1.29, 1.82) is 0 Å². The first-order chi connectivity index (χ1) is 12.7. The summed E-state index contributed by atoms with van der Waals surface area (Å²) in [7, 11) is 3.27. The molecule has 0 aliphatic carbocycles. The van der Waals surface area contributed by atoms with Crippen LogP contribution in [-0.4, -0.2) is 36.1 Å². The van der Waals surface area contributed by atoms with E-state index in [9.17, 15) is 4.79 Å². The second-order valence-corrected chi connectivity index (χ2v) is 7.09. The van der Waals surface area contributed by atoms with Crippen molar-refractivity contribution in [3.05, 3.63) is 64.1 Å². The molecule has 6 heteroatoms. The molecule has 3 heterocycles. The molecule has 4 rings (SSSR count). The van der Waals surface area contributed by atoms with Crippen LogP contribution in [0, 0.1) is 0 Å². The van der Waals surface area contributed by atoms with Gasteiger partial charge in [-0.25, -0.2) is 0 Å². The Morgan fingerprint density at radius 1 is 1.08 bits per heavy atom. The number of rotatable bonds is 4. The summed E-state index contributed by atoms with van der Waals surface area (Å²) in [5, 5.41) is 1.97. The molecule has 1 aromatic carbocycles. The molecule has 0 atom stereocenters. The standard InChI is InChI=1S/C20H20N2O3S/c1-24-17-11-14-5-9-22(13-15(14)12-18(17)25-2)20(23)19-16(6-10-26-19)21-7-3-4-8-21/h3-4,6-8,10-12H,5,9,13H2,1-2H3. The number of carbonyl (C=O) groups is 1. The number of aromatic nitrogens is 1. The summed E-state index contributed by atoms with van der Waals surface area (Å²) in [6, 6.07) is 9.91. The lowest BCUT2D eigenvalue weighted by Crippen LogP contribution is -2.36. The number of ether oxygens (including phenoxy) is 2. The summed E-state index contributed by atoms with van der Waals surface area (Å²) in [5.74, 6) is 1.51. The predicted octanol–water partition coefficient (Wildman–Crippen LogP) is 3.75. The third-order valence-electron chi connectivity index (χ3n) is 4.73. The molecule has 2 aromatic heterocycles. The molecule has 1 amide bonds. The minimum absolute atomic E-state index is 0.0733. The van der Waals surface area contributed by atoms with Gasteiger partial charge in [-0.3, -0.25) is 4.79 Å². The summed E-state index contributed by atoms with van der Waals surface area (Å²) in [6.07, 6.45) is 4.73. The Labute approximate surface area is 156 Å². The smallest absolute Gasteiger partial charge is 0.266 e. The van der Waals surface area contributed by atoms with E-state index < -0.39 is 0 Å². The molecule has 134 valence electrons. The maximum Gasteiger partial charge on any atom is 0.266 e. The van der Waals surface area contributed by atoms with Gasteiger partial charge in [0.25, 0.3) is 5.91 Å². The molecule has 0 unspecified atom stereocenters. The number of amides is 1. The van der Waals surface area contributed by atoms with E-state index in [0.29, 0.717) is 18.8 Å². The van der Waals surface area contributed by atoms with Gasteiger partial charge in [0.15, 0.2) is 11.5 Å². The van der Waals surface area contributed by atoms with E-state index in [1.54, 1.807) is 14.2 Å². The lowest BCUT2D eigenvalue weighted by atomic mass is 9.98. The van der Waals surface area contributed by atoms with Gasteiger partial charge in [0, 0.05) is 25.5 Å². The molecule has 5 nitrogen and oxygen atoms in total. The van der Waals surface area contributed by atoms with Gasteiger partial charge in [-0.15, -0.1) is 11.3 Å². The Hall–Kier alpha value is -2.73. The van der Waals surface area contributed by atoms with Crippen LogP contribution in [0.5, 0.6) is 11.5 Å². The molecular formula is C20H20N2O3S. The average Bonchev–Trinajstić information content (AvgIpc) is 3.36. The third-order valence-corrected chi connectivity index (χ3v) is 5.62. The summed E-state index contributed by atoms with van der Waals surface area (Å²) >= 11 is 1.49. The third kappa shape index (κ3) is 2.86. The number of methoxy groups -OCH3 is 2. The van der Waals surface area contributed by atoms with Crippen LogP contribution < -0.4 is 9.47 Å². The van der Waals surface area contributed by atoms with Crippen molar-refractivity contribution < 1.29 is 14.3 Å². The molecule has 0 bridgehead atoms. The Morgan fingerprint density at radius 2 is 1.77 bits per heavy atom. The SMILES string of the molecule is COc1cc2c(cc1OC)CN(C(=O)c1sccc1-n1cccc1)CC2. The molecule has 0 spiro atoms. The van der Waals surface area contributed by atoms with Gasteiger partial charge in [0.1, 0.15) is 4.88 Å². The van der Waals surface area contributed by atoms with Gasteiger partial charge in [-0.1, -0.05) is 0 Å². The Bertz CT molecular complexity index is 931. The lowest BCUT2D eigenvalue weighted by Gasteiger charge is -2.29. The number of benzene rings is 1. The molecule has 1 aliphatic heterocycles. The minimum atomic E-state index is 0.0733. The van der Waals surface area contributed by atoms with Crippen molar-refractivity contribution in [3.8, 4) is 17.2 Å². The topological polar surface area (TPSA) is 43.7 Å². The number of carbonyl (C=O) groups excluding carboxylic acids is 1. The van der Waals surface area contributed by atoms with Crippen LogP contribution in [0.2, 0.25) is 0 Å². The molecule has 0 fully saturated rings. The van der Waals surface area contributed by atoms with E-state index in [1.165, 1.54) is 16.9 Å². The average molecular weight is 368 g/mol. The zero-order chi connectivity index (χ0) is 18.1. The van der Waals surface area contributed by atoms with E-state index in [1.807, 2.05) is 57.6 Å². The maximum absolute atomic E-state index is 13.1. The second kappa shape index (κ2) is 6.88. The predicted molar refractivity (Wildman–Crippen MR) is 102 cm³/mol. The van der Waals surface area contributed by atoms with Crippen molar-refractivity contribution in [3.63, 3.8) is 0 Å². The maximum atomic E-state index is 13.1. The summed E-state index contributed by atoms with van der Waals surface area (Å²) in [6.45, 7) is 1.28. The first-order valence-electron chi connectivity index (χ1n) is 8.45. The fourth-order valence-electron chi connectivity index (χ4n) is 3.36. The molecule has 1 aliphatic rings. The highest BCUT2D eigenvalue weighted by molar-refractivity contribution is 7.12. The van der Waals surface area contributed by atoms with Crippen LogP contribution >= 0.6 is 11.3 Å². The Morgan fingerprint density at radius 3 is 2.46 bits per heavy atom. The van der Waals surface area contributed by atoms with Gasteiger partial charge in [-0.2, -0.15) is 0 Å². The summed E-state index contributed by atoms with van der Waals surface area (Å²) < 4.78 is 12.8. The van der Waals surface area contributed by atoms with Crippen LogP contribution in [-0.2, 0) is 13.0 Å². The van der Waals surface area contributed by atoms with Crippen molar-refractivity contribution in [2.75, 3.05) is 20.8 Å². The lowest BCUT2D eigenvalue weighted by molar-refractivity contribution is 0.0739. The fraction of sp³-hybridized carbons (Fsp3) is 0.250. The van der Waals surface area contributed by atoms with Crippen LogP contribution in [0.25, 0.3) is 5.69 Å². The van der Waals surface area contributed by atoms with Crippen molar-refractivity contribution in [2.24, 2.45) is 0 Å². The molecular weight excluding hydrogens is 348 g/mol. The minimum Gasteiger partial charge on any atom is -0.493 e. The van der Waals surface area contributed by atoms with Crippen LogP contribution in [0.1, 0.15) is 20.8 Å². The van der Waals surface area contributed by atoms with Gasteiger partial charge in [0.05, 0.1) is 19.9 Å². The number of hydrogen-bond donors (Lipinski definition) is 0. The monoisotopic (exact) mass is 368 g/mol. The highest BCUT2D eigenvalue weighted by Crippen LogP contribution is 2.34. The van der Waals surface area contributed by atoms with Gasteiger partial charge < -0.3 is 18.9 Å². The highest BCUT2D eigenvalue weighted by Gasteiger charge is 2.26. The molecule has 3 aromatic rings. The molecule has 0 saturated carbocycles. The van der Waals surface area contributed by atoms with Gasteiger partial charge in [0.2, 0.25) is 0 Å². The number of hydrogen-bond acceptors (Lipinski definition) is 4. The van der Waals surface area contributed by atoms with Crippen molar-refractivity contribution >= 4 is 17.2 Å². The quantitative estimate of drug-likeness (QED) is 0.704. The summed E-state index contributed by atoms with van der Waals surface area (Å²) in [4.78, 5) is 15.8. The summed E-state index contributed by atoms with van der Waals surface area (Å²) in [5.41, 5.74) is 3.26. The molecule has 0 N–H and O–H groups in total. The zero-order valence-corrected chi connectivity index (χ0v) is 15.6. The number of fused-ring (bicyclic) bond motifs is 1.